The number of benzene rings is 1. The van der Waals surface area contributed by atoms with Gasteiger partial charge < -0.3 is 15.7 Å². The van der Waals surface area contributed by atoms with Crippen molar-refractivity contribution in [2.24, 2.45) is 11.7 Å². The van der Waals surface area contributed by atoms with E-state index in [4.69, 9.17) is 5.73 Å². The van der Waals surface area contributed by atoms with Crippen LogP contribution in [0.25, 0.3) is 11.3 Å². The molecule has 4 rings (SSSR count). The highest BCUT2D eigenvalue weighted by atomic mass is 16.3. The highest BCUT2D eigenvalue weighted by Gasteiger charge is 2.66. The van der Waals surface area contributed by atoms with Crippen molar-refractivity contribution in [2.45, 2.75) is 18.1 Å². The number of fused-ring (bicyclic) bond motifs is 1. The third kappa shape index (κ3) is 2.54. The van der Waals surface area contributed by atoms with E-state index in [9.17, 15) is 14.7 Å². The summed E-state index contributed by atoms with van der Waals surface area (Å²) in [5.74, 6) is 4.66. The summed E-state index contributed by atoms with van der Waals surface area (Å²) in [6, 6.07) is 12.4. The third-order valence-electron chi connectivity index (χ3n) is 4.99. The van der Waals surface area contributed by atoms with Gasteiger partial charge in [-0.05, 0) is 30.7 Å². The van der Waals surface area contributed by atoms with E-state index in [0.29, 0.717) is 11.3 Å². The summed E-state index contributed by atoms with van der Waals surface area (Å²) in [5.41, 5.74) is 5.89. The molecule has 1 aromatic heterocycles. The number of aromatic nitrogens is 1. The van der Waals surface area contributed by atoms with Crippen LogP contribution < -0.4 is 5.73 Å². The highest BCUT2D eigenvalue weighted by Crippen LogP contribution is 2.50. The van der Waals surface area contributed by atoms with Crippen molar-refractivity contribution >= 4 is 11.8 Å². The van der Waals surface area contributed by atoms with Gasteiger partial charge in [-0.2, -0.15) is 0 Å². The first kappa shape index (κ1) is 16.3. The standard InChI is InChI=1S/C20H17N3O3/c1-23-17-11-14(17)20(26,19(23)25)9-8-12-4-2-5-13(10-12)15-6-3-7-16(22-15)18(21)24/h2-7,10,14,17,26H,11H2,1H3,(H2,21,24). The van der Waals surface area contributed by atoms with Crippen LogP contribution in [0, 0.1) is 17.8 Å². The molecular weight excluding hydrogens is 330 g/mol. The van der Waals surface area contributed by atoms with Crippen LogP contribution in [0.5, 0.6) is 0 Å². The number of rotatable bonds is 2. The molecule has 0 spiro atoms. The summed E-state index contributed by atoms with van der Waals surface area (Å²) in [6.45, 7) is 0. The van der Waals surface area contributed by atoms with Crippen molar-refractivity contribution in [2.75, 3.05) is 7.05 Å². The molecule has 3 N–H and O–H groups in total. The number of carbonyl (C=O) groups excluding carboxylic acids is 2. The second kappa shape index (κ2) is 5.68. The van der Waals surface area contributed by atoms with Gasteiger partial charge in [-0.25, -0.2) is 4.98 Å². The molecule has 6 heteroatoms. The van der Waals surface area contributed by atoms with Crippen LogP contribution >= 0.6 is 0 Å². The molecule has 0 radical (unpaired) electrons. The van der Waals surface area contributed by atoms with Gasteiger partial charge in [0.1, 0.15) is 5.69 Å². The van der Waals surface area contributed by atoms with E-state index in [-0.39, 0.29) is 23.6 Å². The molecule has 6 nitrogen and oxygen atoms in total. The number of pyridine rings is 1. The van der Waals surface area contributed by atoms with Gasteiger partial charge in [0.2, 0.25) is 5.60 Å². The number of nitrogens with zero attached hydrogens (tertiary/aromatic N) is 2. The summed E-state index contributed by atoms with van der Waals surface area (Å²) in [4.78, 5) is 29.3. The monoisotopic (exact) mass is 347 g/mol. The van der Waals surface area contributed by atoms with Crippen LogP contribution in [0.2, 0.25) is 0 Å². The molecule has 2 amide bonds. The first-order chi connectivity index (χ1) is 12.4. The summed E-state index contributed by atoms with van der Waals surface area (Å²) in [5, 5.41) is 10.7. The van der Waals surface area contributed by atoms with Crippen molar-refractivity contribution < 1.29 is 14.7 Å². The van der Waals surface area contributed by atoms with Crippen molar-refractivity contribution in [3.05, 3.63) is 53.7 Å². The lowest BCUT2D eigenvalue weighted by Crippen LogP contribution is -2.41. The van der Waals surface area contributed by atoms with Crippen LogP contribution in [0.15, 0.2) is 42.5 Å². The SMILES string of the molecule is CN1C(=O)C(O)(C#Cc2cccc(-c3cccc(C(N)=O)n3)c2)C2CC21. The number of nitrogens with two attached hydrogens (primary N) is 1. The Morgan fingerprint density at radius 1 is 1.35 bits per heavy atom. The molecule has 2 heterocycles. The Bertz CT molecular complexity index is 991. The number of carbonyl (C=O) groups is 2. The Balaban J connectivity index is 1.65. The van der Waals surface area contributed by atoms with E-state index < -0.39 is 11.5 Å². The van der Waals surface area contributed by atoms with Gasteiger partial charge in [0, 0.05) is 30.1 Å². The fraction of sp³-hybridized carbons (Fsp3) is 0.250. The minimum absolute atomic E-state index is 0.105. The molecule has 2 aromatic rings. The van der Waals surface area contributed by atoms with Gasteiger partial charge in [-0.3, -0.25) is 9.59 Å². The fourth-order valence-corrected chi connectivity index (χ4v) is 3.44. The second-order valence-corrected chi connectivity index (χ2v) is 6.70. The predicted octanol–water partition coefficient (Wildman–Crippen LogP) is 0.791. The highest BCUT2D eigenvalue weighted by molar-refractivity contribution is 5.93. The Morgan fingerprint density at radius 2 is 2.12 bits per heavy atom. The van der Waals surface area contributed by atoms with E-state index in [1.54, 1.807) is 42.3 Å². The molecule has 3 unspecified atom stereocenters. The minimum Gasteiger partial charge on any atom is -0.369 e. The molecule has 1 aromatic carbocycles. The maximum absolute atomic E-state index is 12.2. The number of likely N-dealkylation sites (tertiary alicyclic amines) is 1. The van der Waals surface area contributed by atoms with Gasteiger partial charge in [0.25, 0.3) is 11.8 Å². The number of primary amides is 1. The Labute approximate surface area is 150 Å². The van der Waals surface area contributed by atoms with Crippen molar-refractivity contribution in [1.29, 1.82) is 0 Å². The van der Waals surface area contributed by atoms with Crippen molar-refractivity contribution in [1.82, 2.24) is 9.88 Å². The van der Waals surface area contributed by atoms with Crippen LogP contribution in [0.1, 0.15) is 22.5 Å². The van der Waals surface area contributed by atoms with Gasteiger partial charge in [-0.1, -0.05) is 30.0 Å². The van der Waals surface area contributed by atoms with Crippen molar-refractivity contribution in [3.63, 3.8) is 0 Å². The Kier molecular flexibility index (Phi) is 3.56. The number of hydrogen-bond donors (Lipinski definition) is 2. The van der Waals surface area contributed by atoms with Crippen LogP contribution in [-0.2, 0) is 4.79 Å². The molecule has 2 aliphatic rings. The van der Waals surface area contributed by atoms with E-state index in [0.717, 1.165) is 12.0 Å². The number of likely N-dealkylation sites (N-methyl/N-ethyl adjacent to an activating group) is 1. The average Bonchev–Trinajstić information content (AvgIpc) is 3.43. The Morgan fingerprint density at radius 3 is 2.81 bits per heavy atom. The molecule has 1 aliphatic carbocycles. The number of aliphatic hydroxyl groups is 1. The maximum atomic E-state index is 12.2. The normalized spacial score (nSPS) is 26.1. The largest absolute Gasteiger partial charge is 0.369 e. The molecule has 1 aliphatic heterocycles. The van der Waals surface area contributed by atoms with E-state index >= 15 is 0 Å². The molecular formula is C20H17N3O3. The van der Waals surface area contributed by atoms with Gasteiger partial charge >= 0.3 is 0 Å². The molecule has 2 fully saturated rings. The molecule has 1 saturated carbocycles. The molecule has 130 valence electrons. The topological polar surface area (TPSA) is 96.5 Å². The summed E-state index contributed by atoms with van der Waals surface area (Å²) in [7, 11) is 1.70. The first-order valence-corrected chi connectivity index (χ1v) is 8.30. The second-order valence-electron chi connectivity index (χ2n) is 6.70. The Hall–Kier alpha value is -3.17. The summed E-state index contributed by atoms with van der Waals surface area (Å²) < 4.78 is 0. The van der Waals surface area contributed by atoms with Gasteiger partial charge in [0.15, 0.2) is 0 Å². The van der Waals surface area contributed by atoms with Gasteiger partial charge in [0.05, 0.1) is 5.69 Å². The minimum atomic E-state index is -1.60. The summed E-state index contributed by atoms with van der Waals surface area (Å²) >= 11 is 0. The molecule has 1 saturated heterocycles. The zero-order chi connectivity index (χ0) is 18.5. The maximum Gasteiger partial charge on any atom is 0.267 e. The average molecular weight is 347 g/mol. The van der Waals surface area contributed by atoms with Crippen molar-refractivity contribution in [3.8, 4) is 23.1 Å². The quantitative estimate of drug-likeness (QED) is 0.785. The van der Waals surface area contributed by atoms with E-state index in [1.807, 2.05) is 12.1 Å². The molecule has 26 heavy (non-hydrogen) atoms. The van der Waals surface area contributed by atoms with E-state index in [1.165, 1.54) is 0 Å². The molecule has 0 bridgehead atoms. The lowest BCUT2D eigenvalue weighted by Gasteiger charge is -2.18. The lowest BCUT2D eigenvalue weighted by atomic mass is 9.98. The van der Waals surface area contributed by atoms with Crippen LogP contribution in [0.4, 0.5) is 0 Å². The fourth-order valence-electron chi connectivity index (χ4n) is 3.44. The van der Waals surface area contributed by atoms with E-state index in [2.05, 4.69) is 16.8 Å². The van der Waals surface area contributed by atoms with Crippen LogP contribution in [-0.4, -0.2) is 45.5 Å². The first-order valence-electron chi connectivity index (χ1n) is 8.30. The number of amides is 2. The molecule has 3 atom stereocenters. The van der Waals surface area contributed by atoms with Gasteiger partial charge in [-0.15, -0.1) is 0 Å². The zero-order valence-electron chi connectivity index (χ0n) is 14.1. The number of piperidine rings is 1. The third-order valence-corrected chi connectivity index (χ3v) is 4.99. The van der Waals surface area contributed by atoms with Crippen LogP contribution in [0.3, 0.4) is 0 Å². The summed E-state index contributed by atoms with van der Waals surface area (Å²) in [6.07, 6.45) is 0.789. The lowest BCUT2D eigenvalue weighted by molar-refractivity contribution is -0.140. The smallest absolute Gasteiger partial charge is 0.267 e. The number of hydrogen-bond acceptors (Lipinski definition) is 4. The zero-order valence-corrected chi connectivity index (χ0v) is 14.1. The predicted molar refractivity (Wildman–Crippen MR) is 94.7 cm³/mol.